The second-order valence-corrected chi connectivity index (χ2v) is 10.9. The number of aromatic nitrogens is 1. The Balaban J connectivity index is 1.18. The van der Waals surface area contributed by atoms with Crippen LogP contribution in [-0.4, -0.2) is 57.1 Å². The quantitative estimate of drug-likeness (QED) is 0.501. The van der Waals surface area contributed by atoms with Gasteiger partial charge in [0.05, 0.1) is 22.5 Å². The molecule has 7 heteroatoms. The minimum atomic E-state index is -0.598. The van der Waals surface area contributed by atoms with E-state index in [1.165, 1.54) is 12.8 Å². The Morgan fingerprint density at radius 2 is 1.78 bits per heavy atom. The van der Waals surface area contributed by atoms with E-state index in [1.54, 1.807) is 6.20 Å². The van der Waals surface area contributed by atoms with Gasteiger partial charge in [0.15, 0.2) is 0 Å². The van der Waals surface area contributed by atoms with Gasteiger partial charge in [-0.2, -0.15) is 0 Å². The van der Waals surface area contributed by atoms with Crippen LogP contribution in [0.1, 0.15) is 31.2 Å². The molecule has 7 nitrogen and oxygen atoms in total. The van der Waals surface area contributed by atoms with E-state index in [-0.39, 0.29) is 6.17 Å². The number of benzene rings is 2. The van der Waals surface area contributed by atoms with Crippen molar-refractivity contribution in [2.24, 2.45) is 16.6 Å². The Bertz CT molecular complexity index is 1430. The summed E-state index contributed by atoms with van der Waals surface area (Å²) in [7, 11) is 0. The highest BCUT2D eigenvalue weighted by atomic mass is 16.3. The van der Waals surface area contributed by atoms with E-state index in [2.05, 4.69) is 62.6 Å². The zero-order chi connectivity index (χ0) is 25.0. The first-order chi connectivity index (χ1) is 18.1. The lowest BCUT2D eigenvalue weighted by Gasteiger charge is -2.49. The lowest BCUT2D eigenvalue weighted by atomic mass is 9.69. The van der Waals surface area contributed by atoms with Gasteiger partial charge in [0.1, 0.15) is 17.7 Å². The maximum atomic E-state index is 11.2. The molecule has 1 aliphatic carbocycles. The zero-order valence-corrected chi connectivity index (χ0v) is 20.8. The summed E-state index contributed by atoms with van der Waals surface area (Å²) < 4.78 is 0. The standard InChI is InChI=1S/C30H32N6O/c31-28-27-26(22-9-8-21-10-11-24(33-25(21)16-22)20-6-2-1-3-7-20)34-29(36(27)15-12-32-28)23-17-30(37,18-23)19-35-13-4-5-14-35/h1-3,6-12,15-16,23,29,34,37H,4-5,13-14,17-19H2,(H2,31,32). The van der Waals surface area contributed by atoms with Gasteiger partial charge in [0.25, 0.3) is 0 Å². The highest BCUT2D eigenvalue weighted by Gasteiger charge is 2.51. The molecule has 0 radical (unpaired) electrons. The molecule has 37 heavy (non-hydrogen) atoms. The van der Waals surface area contributed by atoms with E-state index in [0.29, 0.717) is 11.8 Å². The fourth-order valence-electron chi connectivity index (χ4n) is 6.46. The molecular formula is C30H32N6O. The third kappa shape index (κ3) is 3.99. The smallest absolute Gasteiger partial charge is 0.149 e. The minimum Gasteiger partial charge on any atom is -0.389 e. The first kappa shape index (κ1) is 22.5. The van der Waals surface area contributed by atoms with Crippen molar-refractivity contribution in [1.29, 1.82) is 0 Å². The Hall–Kier alpha value is -3.68. The number of amidine groups is 1. The monoisotopic (exact) mass is 492 g/mol. The molecule has 4 heterocycles. The number of hydrogen-bond donors (Lipinski definition) is 3. The zero-order valence-electron chi connectivity index (χ0n) is 20.8. The maximum absolute atomic E-state index is 11.2. The fraction of sp³-hybridized carbons (Fsp3) is 0.333. The van der Waals surface area contributed by atoms with Gasteiger partial charge in [-0.25, -0.2) is 9.98 Å². The highest BCUT2D eigenvalue weighted by Crippen LogP contribution is 2.45. The van der Waals surface area contributed by atoms with Gasteiger partial charge in [0, 0.05) is 41.4 Å². The molecule has 3 aromatic rings. The minimum absolute atomic E-state index is 0.0356. The van der Waals surface area contributed by atoms with Gasteiger partial charge in [-0.05, 0) is 50.9 Å². The molecule has 1 saturated carbocycles. The summed E-state index contributed by atoms with van der Waals surface area (Å²) in [4.78, 5) is 14.0. The van der Waals surface area contributed by atoms with Gasteiger partial charge in [0.2, 0.25) is 0 Å². The summed E-state index contributed by atoms with van der Waals surface area (Å²) in [6, 6.07) is 20.8. The number of nitrogens with zero attached hydrogens (tertiary/aromatic N) is 4. The van der Waals surface area contributed by atoms with E-state index < -0.39 is 5.60 Å². The average molecular weight is 493 g/mol. The van der Waals surface area contributed by atoms with E-state index >= 15 is 0 Å². The average Bonchev–Trinajstić information content (AvgIpc) is 3.55. The van der Waals surface area contributed by atoms with Crippen molar-refractivity contribution in [3.05, 3.63) is 84.3 Å². The molecule has 188 valence electrons. The molecule has 1 unspecified atom stereocenters. The number of aliphatic imine (C=N–C) groups is 1. The Morgan fingerprint density at radius 3 is 2.59 bits per heavy atom. The molecule has 2 fully saturated rings. The molecule has 2 aromatic carbocycles. The van der Waals surface area contributed by atoms with Crippen molar-refractivity contribution >= 4 is 22.4 Å². The Kier molecular flexibility index (Phi) is 5.30. The molecule has 3 aliphatic heterocycles. The van der Waals surface area contributed by atoms with Crippen molar-refractivity contribution in [1.82, 2.24) is 20.1 Å². The predicted octanol–water partition coefficient (Wildman–Crippen LogP) is 3.88. The van der Waals surface area contributed by atoms with Crippen LogP contribution in [0.4, 0.5) is 0 Å². The number of likely N-dealkylation sites (tertiary alicyclic amines) is 1. The van der Waals surface area contributed by atoms with E-state index in [9.17, 15) is 5.11 Å². The molecular weight excluding hydrogens is 460 g/mol. The predicted molar refractivity (Wildman–Crippen MR) is 147 cm³/mol. The number of nitrogens with two attached hydrogens (primary N) is 1. The summed E-state index contributed by atoms with van der Waals surface area (Å²) in [5.74, 6) is 0.823. The van der Waals surface area contributed by atoms with Crippen LogP contribution >= 0.6 is 0 Å². The van der Waals surface area contributed by atoms with Crippen molar-refractivity contribution in [2.75, 3.05) is 19.6 Å². The van der Waals surface area contributed by atoms with Crippen LogP contribution in [0.2, 0.25) is 0 Å². The van der Waals surface area contributed by atoms with Crippen molar-refractivity contribution in [2.45, 2.75) is 37.5 Å². The number of hydrogen-bond acceptors (Lipinski definition) is 7. The third-order valence-corrected chi connectivity index (χ3v) is 8.27. The van der Waals surface area contributed by atoms with Gasteiger partial charge < -0.3 is 26.0 Å². The summed E-state index contributed by atoms with van der Waals surface area (Å²) in [5, 5.41) is 16.1. The van der Waals surface area contributed by atoms with E-state index in [0.717, 1.165) is 71.6 Å². The maximum Gasteiger partial charge on any atom is 0.149 e. The normalized spacial score (nSPS) is 27.3. The fourth-order valence-corrected chi connectivity index (χ4v) is 6.46. The van der Waals surface area contributed by atoms with Gasteiger partial charge >= 0.3 is 0 Å². The van der Waals surface area contributed by atoms with E-state index in [1.807, 2.05) is 24.4 Å². The molecule has 4 N–H and O–H groups in total. The first-order valence-electron chi connectivity index (χ1n) is 13.3. The van der Waals surface area contributed by atoms with Crippen LogP contribution in [0, 0.1) is 5.92 Å². The number of aliphatic hydroxyl groups is 1. The number of fused-ring (bicyclic) bond motifs is 2. The lowest BCUT2D eigenvalue weighted by molar-refractivity contribution is -0.107. The third-order valence-electron chi connectivity index (χ3n) is 8.27. The van der Waals surface area contributed by atoms with Crippen LogP contribution in [0.3, 0.4) is 0 Å². The first-order valence-corrected chi connectivity index (χ1v) is 13.3. The molecule has 1 aromatic heterocycles. The van der Waals surface area contributed by atoms with Crippen LogP contribution < -0.4 is 11.1 Å². The lowest BCUT2D eigenvalue weighted by Crippen LogP contribution is -2.58. The summed E-state index contributed by atoms with van der Waals surface area (Å²) in [6.45, 7) is 2.99. The van der Waals surface area contributed by atoms with Crippen molar-refractivity contribution < 1.29 is 5.11 Å². The van der Waals surface area contributed by atoms with Crippen molar-refractivity contribution in [3.63, 3.8) is 0 Å². The molecule has 0 amide bonds. The van der Waals surface area contributed by atoms with Crippen LogP contribution in [0.15, 0.2) is 83.8 Å². The number of β-amino-alcohol motifs (C(OH)–C–C–N with tert-alkyl or cyclic N) is 1. The van der Waals surface area contributed by atoms with Gasteiger partial charge in [-0.15, -0.1) is 0 Å². The molecule has 1 atom stereocenters. The topological polar surface area (TPSA) is 90.0 Å². The number of nitrogens with one attached hydrogen (secondary N) is 1. The Labute approximate surface area is 217 Å². The summed E-state index contributed by atoms with van der Waals surface area (Å²) in [5.41, 5.74) is 11.7. The second kappa shape index (κ2) is 8.71. The number of pyridine rings is 1. The van der Waals surface area contributed by atoms with Crippen LogP contribution in [0.5, 0.6) is 0 Å². The molecule has 1 saturated heterocycles. The molecule has 4 aliphatic rings. The second-order valence-electron chi connectivity index (χ2n) is 10.9. The van der Waals surface area contributed by atoms with E-state index in [4.69, 9.17) is 10.7 Å². The summed E-state index contributed by atoms with van der Waals surface area (Å²) in [6.07, 6.45) is 7.84. The largest absolute Gasteiger partial charge is 0.389 e. The van der Waals surface area contributed by atoms with Crippen LogP contribution in [-0.2, 0) is 0 Å². The molecule has 0 bridgehead atoms. The van der Waals surface area contributed by atoms with Gasteiger partial charge in [-0.1, -0.05) is 48.5 Å². The highest BCUT2D eigenvalue weighted by molar-refractivity contribution is 6.05. The van der Waals surface area contributed by atoms with Crippen LogP contribution in [0.25, 0.3) is 27.9 Å². The molecule has 0 spiro atoms. The van der Waals surface area contributed by atoms with Gasteiger partial charge in [-0.3, -0.25) is 0 Å². The van der Waals surface area contributed by atoms with Crippen molar-refractivity contribution in [3.8, 4) is 11.3 Å². The Morgan fingerprint density at radius 1 is 1.00 bits per heavy atom. The number of rotatable bonds is 5. The molecule has 7 rings (SSSR count). The SMILES string of the molecule is NC1=NC=CN2C1=C(c1ccc3ccc(-c4ccccc4)nc3c1)NC2C1CC(O)(CN2CCCC2)C1. The summed E-state index contributed by atoms with van der Waals surface area (Å²) >= 11 is 0.